The zero-order chi connectivity index (χ0) is 21.9. The summed E-state index contributed by atoms with van der Waals surface area (Å²) in [7, 11) is 0. The number of amides is 1. The van der Waals surface area contributed by atoms with Crippen molar-refractivity contribution in [3.05, 3.63) is 23.8 Å². The van der Waals surface area contributed by atoms with Gasteiger partial charge in [-0.3, -0.25) is 4.79 Å². The molecule has 0 saturated carbocycles. The largest absolute Gasteiger partial charge is 0.486 e. The molecular weight excluding hydrogens is 392 g/mol. The Labute approximate surface area is 187 Å². The highest BCUT2D eigenvalue weighted by Crippen LogP contribution is 2.33. The molecule has 2 heterocycles. The van der Waals surface area contributed by atoms with E-state index in [1.807, 2.05) is 18.2 Å². The van der Waals surface area contributed by atoms with Crippen LogP contribution in [0.2, 0.25) is 0 Å². The molecule has 2 aliphatic rings. The lowest BCUT2D eigenvalue weighted by Gasteiger charge is -2.29. The Hall–Kier alpha value is -1.79. The van der Waals surface area contributed by atoms with E-state index in [0.717, 1.165) is 31.5 Å². The number of hydrogen-bond donors (Lipinski definition) is 2. The van der Waals surface area contributed by atoms with E-state index in [4.69, 9.17) is 9.47 Å². The van der Waals surface area contributed by atoms with Gasteiger partial charge in [-0.15, -0.1) is 0 Å². The Morgan fingerprint density at radius 2 is 1.71 bits per heavy atom. The second-order valence-electron chi connectivity index (χ2n) is 8.90. The smallest absolute Gasteiger partial charge is 0.220 e. The van der Waals surface area contributed by atoms with Crippen molar-refractivity contribution in [1.29, 1.82) is 0 Å². The number of unbranched alkanes of at least 4 members (excludes halogenated alkanes) is 6. The van der Waals surface area contributed by atoms with Crippen molar-refractivity contribution in [1.82, 2.24) is 10.2 Å². The molecule has 0 aromatic heterocycles. The van der Waals surface area contributed by atoms with Crippen LogP contribution in [-0.4, -0.2) is 54.8 Å². The van der Waals surface area contributed by atoms with Crippen molar-refractivity contribution in [3.8, 4) is 11.5 Å². The number of fused-ring (bicyclic) bond motifs is 1. The van der Waals surface area contributed by atoms with Gasteiger partial charge < -0.3 is 24.8 Å². The van der Waals surface area contributed by atoms with E-state index in [1.54, 1.807) is 0 Å². The fourth-order valence-corrected chi connectivity index (χ4v) is 4.47. The molecule has 2 aliphatic heterocycles. The first-order chi connectivity index (χ1) is 15.2. The number of nitrogens with zero attached hydrogens (tertiary/aromatic N) is 1. The van der Waals surface area contributed by atoms with Crippen molar-refractivity contribution in [2.45, 2.75) is 83.3 Å². The molecule has 0 spiro atoms. The molecule has 1 saturated heterocycles. The van der Waals surface area contributed by atoms with Gasteiger partial charge in [-0.1, -0.05) is 51.5 Å². The summed E-state index contributed by atoms with van der Waals surface area (Å²) in [6.45, 7) is 6.00. The van der Waals surface area contributed by atoms with Gasteiger partial charge in [-0.2, -0.15) is 0 Å². The Kier molecular flexibility index (Phi) is 9.94. The predicted octanol–water partition coefficient (Wildman–Crippen LogP) is 4.21. The third kappa shape index (κ3) is 7.69. The minimum atomic E-state index is -0.783. The summed E-state index contributed by atoms with van der Waals surface area (Å²) in [4.78, 5) is 15.0. The maximum Gasteiger partial charge on any atom is 0.220 e. The molecule has 6 heteroatoms. The number of nitrogens with one attached hydrogen (secondary N) is 1. The number of likely N-dealkylation sites (tertiary alicyclic amines) is 1. The van der Waals surface area contributed by atoms with E-state index in [0.29, 0.717) is 37.7 Å². The molecular formula is C25H40N2O4. The first kappa shape index (κ1) is 23.9. The molecule has 6 nitrogen and oxygen atoms in total. The average molecular weight is 433 g/mol. The van der Waals surface area contributed by atoms with Gasteiger partial charge in [-0.05, 0) is 50.0 Å². The van der Waals surface area contributed by atoms with E-state index >= 15 is 0 Å². The van der Waals surface area contributed by atoms with Crippen LogP contribution in [0.1, 0.15) is 82.8 Å². The molecule has 1 amide bonds. The number of aliphatic hydroxyl groups excluding tert-OH is 1. The highest BCUT2D eigenvalue weighted by atomic mass is 16.6. The maximum atomic E-state index is 12.6. The third-order valence-corrected chi connectivity index (χ3v) is 6.30. The second kappa shape index (κ2) is 12.9. The van der Waals surface area contributed by atoms with Gasteiger partial charge in [0.1, 0.15) is 19.3 Å². The van der Waals surface area contributed by atoms with Crippen LogP contribution in [0.3, 0.4) is 0 Å². The Morgan fingerprint density at radius 1 is 1.03 bits per heavy atom. The number of aliphatic hydroxyl groups is 1. The van der Waals surface area contributed by atoms with Gasteiger partial charge in [0.15, 0.2) is 11.5 Å². The fraction of sp³-hybridized carbons (Fsp3) is 0.720. The van der Waals surface area contributed by atoms with Crippen molar-refractivity contribution < 1.29 is 19.4 Å². The molecule has 1 fully saturated rings. The van der Waals surface area contributed by atoms with Crippen LogP contribution in [0.5, 0.6) is 11.5 Å². The lowest BCUT2D eigenvalue weighted by atomic mass is 10.0. The number of hydrogen-bond acceptors (Lipinski definition) is 5. The van der Waals surface area contributed by atoms with E-state index in [-0.39, 0.29) is 11.9 Å². The third-order valence-electron chi connectivity index (χ3n) is 6.30. The van der Waals surface area contributed by atoms with E-state index < -0.39 is 6.10 Å². The number of rotatable bonds is 13. The zero-order valence-corrected chi connectivity index (χ0v) is 19.1. The molecule has 1 aromatic carbocycles. The summed E-state index contributed by atoms with van der Waals surface area (Å²) < 4.78 is 11.3. The molecule has 3 rings (SSSR count). The average Bonchev–Trinajstić information content (AvgIpc) is 3.30. The van der Waals surface area contributed by atoms with Crippen molar-refractivity contribution >= 4 is 5.91 Å². The molecule has 0 aliphatic carbocycles. The summed E-state index contributed by atoms with van der Waals surface area (Å²) in [5, 5.41) is 14.3. The summed E-state index contributed by atoms with van der Waals surface area (Å²) in [6, 6.07) is 5.23. The van der Waals surface area contributed by atoms with Crippen LogP contribution in [-0.2, 0) is 4.79 Å². The van der Waals surface area contributed by atoms with Crippen LogP contribution in [0.25, 0.3) is 0 Å². The summed E-state index contributed by atoms with van der Waals surface area (Å²) >= 11 is 0. The highest BCUT2D eigenvalue weighted by Gasteiger charge is 2.27. The number of carbonyl (C=O) groups is 1. The standard InChI is InChI=1S/C25H40N2O4/c1-2-3-4-5-6-7-8-11-24(28)26-21(19-27-14-9-10-15-27)25(29)20-12-13-22-23(18-20)31-17-16-30-22/h12-13,18,21,25,29H,2-11,14-17,19H2,1H3,(H,26,28)/t21-,25-/m0/s1. The minimum absolute atomic E-state index is 0.0364. The summed E-state index contributed by atoms with van der Waals surface area (Å²) in [5.74, 6) is 1.41. The Morgan fingerprint density at radius 3 is 2.45 bits per heavy atom. The Bertz CT molecular complexity index is 675. The van der Waals surface area contributed by atoms with E-state index in [2.05, 4.69) is 17.1 Å². The fourth-order valence-electron chi connectivity index (χ4n) is 4.47. The van der Waals surface area contributed by atoms with Crippen LogP contribution in [0.4, 0.5) is 0 Å². The van der Waals surface area contributed by atoms with Gasteiger partial charge in [0.05, 0.1) is 6.04 Å². The molecule has 2 atom stereocenters. The van der Waals surface area contributed by atoms with Gasteiger partial charge >= 0.3 is 0 Å². The molecule has 1 aromatic rings. The van der Waals surface area contributed by atoms with Crippen molar-refractivity contribution in [2.24, 2.45) is 0 Å². The monoisotopic (exact) mass is 432 g/mol. The summed E-state index contributed by atoms with van der Waals surface area (Å²) in [5.41, 5.74) is 0.754. The quantitative estimate of drug-likeness (QED) is 0.457. The van der Waals surface area contributed by atoms with Crippen LogP contribution in [0, 0.1) is 0 Å². The number of ether oxygens (including phenoxy) is 2. The van der Waals surface area contributed by atoms with Crippen molar-refractivity contribution in [3.63, 3.8) is 0 Å². The van der Waals surface area contributed by atoms with Gasteiger partial charge in [0.2, 0.25) is 5.91 Å². The molecule has 2 N–H and O–H groups in total. The van der Waals surface area contributed by atoms with Gasteiger partial charge in [0, 0.05) is 13.0 Å². The first-order valence-electron chi connectivity index (χ1n) is 12.3. The SMILES string of the molecule is CCCCCCCCCC(=O)N[C@@H](CN1CCCC1)[C@@H](O)c1ccc2c(c1)OCCO2. The lowest BCUT2D eigenvalue weighted by Crippen LogP contribution is -2.46. The lowest BCUT2D eigenvalue weighted by molar-refractivity contribution is -0.123. The molecule has 0 bridgehead atoms. The highest BCUT2D eigenvalue weighted by molar-refractivity contribution is 5.76. The molecule has 174 valence electrons. The zero-order valence-electron chi connectivity index (χ0n) is 19.1. The predicted molar refractivity (Wildman–Crippen MR) is 123 cm³/mol. The van der Waals surface area contributed by atoms with Crippen LogP contribution >= 0.6 is 0 Å². The molecule has 0 radical (unpaired) electrons. The number of benzene rings is 1. The minimum Gasteiger partial charge on any atom is -0.486 e. The van der Waals surface area contributed by atoms with Gasteiger partial charge in [-0.25, -0.2) is 0 Å². The van der Waals surface area contributed by atoms with E-state index in [9.17, 15) is 9.90 Å². The molecule has 0 unspecified atom stereocenters. The molecule has 31 heavy (non-hydrogen) atoms. The van der Waals surface area contributed by atoms with Crippen LogP contribution < -0.4 is 14.8 Å². The maximum absolute atomic E-state index is 12.6. The normalized spacial score (nSPS) is 18.0. The Balaban J connectivity index is 1.54. The van der Waals surface area contributed by atoms with E-state index in [1.165, 1.54) is 44.9 Å². The summed E-state index contributed by atoms with van der Waals surface area (Å²) in [6.07, 6.45) is 10.4. The van der Waals surface area contributed by atoms with Crippen molar-refractivity contribution in [2.75, 3.05) is 32.8 Å². The number of carbonyl (C=O) groups excluding carboxylic acids is 1. The topological polar surface area (TPSA) is 71.0 Å². The van der Waals surface area contributed by atoms with Gasteiger partial charge in [0.25, 0.3) is 0 Å². The first-order valence-corrected chi connectivity index (χ1v) is 12.3. The van der Waals surface area contributed by atoms with Crippen LogP contribution in [0.15, 0.2) is 18.2 Å². The second-order valence-corrected chi connectivity index (χ2v) is 8.90.